The molecule has 1 fully saturated rings. The second kappa shape index (κ2) is 6.53. The molecule has 2 aliphatic rings. The molecule has 6 heteroatoms. The topological polar surface area (TPSA) is 59.4 Å². The van der Waals surface area contributed by atoms with Gasteiger partial charge in [-0.3, -0.25) is 9.69 Å². The summed E-state index contributed by atoms with van der Waals surface area (Å²) in [4.78, 5) is 18.8. The monoisotopic (exact) mass is 328 g/mol. The average Bonchev–Trinajstić information content (AvgIpc) is 3.21. The van der Waals surface area contributed by atoms with E-state index in [-0.39, 0.29) is 5.91 Å². The van der Waals surface area contributed by atoms with Gasteiger partial charge in [-0.05, 0) is 31.0 Å². The first-order chi connectivity index (χ1) is 11.7. The van der Waals surface area contributed by atoms with Gasteiger partial charge in [-0.1, -0.05) is 6.92 Å². The zero-order chi connectivity index (χ0) is 16.5. The predicted molar refractivity (Wildman–Crippen MR) is 92.9 cm³/mol. The number of imidazole rings is 1. The standard InChI is InChI=1S/C18H24N4O2/c1-2-18(23)19-13-5-6-16-15(10-13)20-17-12-21(7-8-22(16)17)11-14-4-3-9-24-14/h5-6,10,14H,2-4,7-9,11-12H2,1H3,(H,19,23). The minimum absolute atomic E-state index is 0.0288. The molecule has 1 amide bonds. The molecule has 1 aromatic carbocycles. The first-order valence-electron chi connectivity index (χ1n) is 8.86. The van der Waals surface area contributed by atoms with Crippen molar-refractivity contribution in [3.05, 3.63) is 24.0 Å². The fraction of sp³-hybridized carbons (Fsp3) is 0.556. The summed E-state index contributed by atoms with van der Waals surface area (Å²) in [6.45, 7) is 6.62. The summed E-state index contributed by atoms with van der Waals surface area (Å²) in [5.74, 6) is 1.13. The van der Waals surface area contributed by atoms with Crippen molar-refractivity contribution in [1.82, 2.24) is 14.5 Å². The van der Waals surface area contributed by atoms with Crippen molar-refractivity contribution in [2.75, 3.05) is 25.0 Å². The minimum Gasteiger partial charge on any atom is -0.377 e. The molecule has 0 bridgehead atoms. The van der Waals surface area contributed by atoms with E-state index in [1.807, 2.05) is 19.1 Å². The molecule has 0 aliphatic carbocycles. The number of nitrogens with zero attached hydrogens (tertiary/aromatic N) is 3. The number of ether oxygens (including phenoxy) is 1. The maximum Gasteiger partial charge on any atom is 0.224 e. The second-order valence-corrected chi connectivity index (χ2v) is 6.66. The van der Waals surface area contributed by atoms with E-state index in [9.17, 15) is 4.79 Å². The molecule has 1 atom stereocenters. The highest BCUT2D eigenvalue weighted by atomic mass is 16.5. The Balaban J connectivity index is 1.52. The largest absolute Gasteiger partial charge is 0.377 e. The van der Waals surface area contributed by atoms with E-state index >= 15 is 0 Å². The van der Waals surface area contributed by atoms with Crippen LogP contribution in [0.2, 0.25) is 0 Å². The number of hydrogen-bond acceptors (Lipinski definition) is 4. The molecular weight excluding hydrogens is 304 g/mol. The van der Waals surface area contributed by atoms with Crippen molar-refractivity contribution >= 4 is 22.6 Å². The van der Waals surface area contributed by atoms with Gasteiger partial charge in [-0.2, -0.15) is 0 Å². The predicted octanol–water partition coefficient (Wildman–Crippen LogP) is 2.38. The molecule has 1 saturated heterocycles. The molecule has 1 aromatic heterocycles. The summed E-state index contributed by atoms with van der Waals surface area (Å²) in [6, 6.07) is 6.00. The van der Waals surface area contributed by atoms with Crippen LogP contribution in [0.3, 0.4) is 0 Å². The van der Waals surface area contributed by atoms with Crippen LogP contribution in [-0.2, 0) is 22.6 Å². The van der Waals surface area contributed by atoms with Crippen LogP contribution in [0.1, 0.15) is 32.0 Å². The van der Waals surface area contributed by atoms with Crippen molar-refractivity contribution in [2.24, 2.45) is 0 Å². The Hall–Kier alpha value is -1.92. The van der Waals surface area contributed by atoms with Crippen molar-refractivity contribution in [3.63, 3.8) is 0 Å². The number of anilines is 1. The maximum absolute atomic E-state index is 11.6. The number of carbonyl (C=O) groups excluding carboxylic acids is 1. The summed E-state index contributed by atoms with van der Waals surface area (Å²) in [7, 11) is 0. The first kappa shape index (κ1) is 15.6. The number of carbonyl (C=O) groups is 1. The normalized spacial score (nSPS) is 21.1. The van der Waals surface area contributed by atoms with Gasteiger partial charge in [0.1, 0.15) is 5.82 Å². The van der Waals surface area contributed by atoms with Crippen LogP contribution < -0.4 is 5.32 Å². The lowest BCUT2D eigenvalue weighted by Crippen LogP contribution is -2.38. The molecule has 1 unspecified atom stereocenters. The zero-order valence-electron chi connectivity index (χ0n) is 14.1. The van der Waals surface area contributed by atoms with Gasteiger partial charge in [0.05, 0.1) is 23.7 Å². The van der Waals surface area contributed by atoms with Gasteiger partial charge in [0.2, 0.25) is 5.91 Å². The Labute approximate surface area is 141 Å². The molecule has 6 nitrogen and oxygen atoms in total. The summed E-state index contributed by atoms with van der Waals surface area (Å²) < 4.78 is 8.06. The molecule has 3 heterocycles. The molecular formula is C18H24N4O2. The SMILES string of the molecule is CCC(=O)Nc1ccc2c(c1)nc1n2CCN(CC2CCCO2)C1. The number of nitrogens with one attached hydrogen (secondary N) is 1. The molecule has 1 N–H and O–H groups in total. The fourth-order valence-corrected chi connectivity index (χ4v) is 3.63. The summed E-state index contributed by atoms with van der Waals surface area (Å²) in [5, 5.41) is 2.91. The lowest BCUT2D eigenvalue weighted by atomic mass is 10.2. The van der Waals surface area contributed by atoms with Crippen molar-refractivity contribution in [1.29, 1.82) is 0 Å². The smallest absolute Gasteiger partial charge is 0.224 e. The molecule has 0 saturated carbocycles. The van der Waals surface area contributed by atoms with E-state index in [1.54, 1.807) is 0 Å². The Morgan fingerprint density at radius 3 is 3.12 bits per heavy atom. The lowest BCUT2D eigenvalue weighted by Gasteiger charge is -2.29. The number of rotatable bonds is 4. The number of fused-ring (bicyclic) bond motifs is 3. The van der Waals surface area contributed by atoms with Crippen molar-refractivity contribution in [3.8, 4) is 0 Å². The van der Waals surface area contributed by atoms with E-state index in [0.717, 1.165) is 55.3 Å². The Kier molecular flexibility index (Phi) is 4.24. The molecule has 2 aromatic rings. The zero-order valence-corrected chi connectivity index (χ0v) is 14.1. The van der Waals surface area contributed by atoms with Gasteiger partial charge in [0, 0.05) is 38.3 Å². The minimum atomic E-state index is 0.0288. The van der Waals surface area contributed by atoms with Gasteiger partial charge in [-0.15, -0.1) is 0 Å². The first-order valence-corrected chi connectivity index (χ1v) is 8.86. The molecule has 0 radical (unpaired) electrons. The molecule has 24 heavy (non-hydrogen) atoms. The Bertz CT molecular complexity index is 749. The third-order valence-corrected chi connectivity index (χ3v) is 4.92. The summed E-state index contributed by atoms with van der Waals surface area (Å²) in [6.07, 6.45) is 3.23. The lowest BCUT2D eigenvalue weighted by molar-refractivity contribution is -0.115. The third-order valence-electron chi connectivity index (χ3n) is 4.92. The van der Waals surface area contributed by atoms with Crippen LogP contribution in [0.5, 0.6) is 0 Å². The summed E-state index contributed by atoms with van der Waals surface area (Å²) >= 11 is 0. The van der Waals surface area contributed by atoms with Gasteiger partial charge in [0.15, 0.2) is 0 Å². The molecule has 0 spiro atoms. The summed E-state index contributed by atoms with van der Waals surface area (Å²) in [5.41, 5.74) is 2.93. The maximum atomic E-state index is 11.6. The molecule has 4 rings (SSSR count). The molecule has 2 aliphatic heterocycles. The fourth-order valence-electron chi connectivity index (χ4n) is 3.63. The van der Waals surface area contributed by atoms with Crippen LogP contribution in [0.15, 0.2) is 18.2 Å². The van der Waals surface area contributed by atoms with Crippen LogP contribution in [0.4, 0.5) is 5.69 Å². The Morgan fingerprint density at radius 2 is 2.33 bits per heavy atom. The van der Waals surface area contributed by atoms with Crippen LogP contribution in [-0.4, -0.2) is 46.2 Å². The molecule has 128 valence electrons. The van der Waals surface area contributed by atoms with Crippen LogP contribution in [0.25, 0.3) is 11.0 Å². The van der Waals surface area contributed by atoms with Gasteiger partial charge in [0.25, 0.3) is 0 Å². The van der Waals surface area contributed by atoms with Gasteiger partial charge >= 0.3 is 0 Å². The van der Waals surface area contributed by atoms with E-state index in [1.165, 1.54) is 12.8 Å². The van der Waals surface area contributed by atoms with Gasteiger partial charge in [-0.25, -0.2) is 4.98 Å². The van der Waals surface area contributed by atoms with E-state index in [2.05, 4.69) is 20.9 Å². The highest BCUT2D eigenvalue weighted by Crippen LogP contribution is 2.24. The van der Waals surface area contributed by atoms with Gasteiger partial charge < -0.3 is 14.6 Å². The highest BCUT2D eigenvalue weighted by Gasteiger charge is 2.24. The van der Waals surface area contributed by atoms with E-state index in [4.69, 9.17) is 9.72 Å². The van der Waals surface area contributed by atoms with Crippen molar-refractivity contribution < 1.29 is 9.53 Å². The second-order valence-electron chi connectivity index (χ2n) is 6.66. The van der Waals surface area contributed by atoms with Crippen molar-refractivity contribution in [2.45, 2.75) is 45.4 Å². The third kappa shape index (κ3) is 3.03. The van der Waals surface area contributed by atoms with E-state index in [0.29, 0.717) is 12.5 Å². The number of amides is 1. The van der Waals surface area contributed by atoms with Crippen LogP contribution in [0, 0.1) is 0 Å². The van der Waals surface area contributed by atoms with E-state index < -0.39 is 0 Å². The highest BCUT2D eigenvalue weighted by molar-refractivity contribution is 5.93. The van der Waals surface area contributed by atoms with Crippen LogP contribution >= 0.6 is 0 Å². The number of aromatic nitrogens is 2. The quantitative estimate of drug-likeness (QED) is 0.936. The number of benzene rings is 1. The Morgan fingerprint density at radius 1 is 1.42 bits per heavy atom. The number of hydrogen-bond donors (Lipinski definition) is 1. The average molecular weight is 328 g/mol.